The van der Waals surface area contributed by atoms with E-state index in [4.69, 9.17) is 0 Å². The van der Waals surface area contributed by atoms with Gasteiger partial charge in [-0.1, -0.05) is 35.3 Å². The Kier molecular flexibility index (Phi) is 6.46. The number of anilines is 1. The van der Waals surface area contributed by atoms with Gasteiger partial charge >= 0.3 is 0 Å². The molecule has 1 heterocycles. The van der Waals surface area contributed by atoms with Crippen molar-refractivity contribution >= 4 is 37.7 Å². The summed E-state index contributed by atoms with van der Waals surface area (Å²) in [5.41, 5.74) is 0.789. The average molecular weight is 443 g/mol. The number of rotatable bonds is 7. The maximum absolute atomic E-state index is 12.8. The Hall–Kier alpha value is -1.87. The SMILES string of the molecule is CCCCNC(=O)c1c(NS(=O)(=O)c2cc(Br)ccc2C)nc(C)n1C. The van der Waals surface area contributed by atoms with E-state index in [0.717, 1.165) is 12.8 Å². The largest absolute Gasteiger partial charge is 0.351 e. The highest BCUT2D eigenvalue weighted by Gasteiger charge is 2.25. The van der Waals surface area contributed by atoms with Gasteiger partial charge in [-0.3, -0.25) is 9.52 Å². The van der Waals surface area contributed by atoms with Crippen molar-refractivity contribution < 1.29 is 13.2 Å². The molecule has 0 unspecified atom stereocenters. The van der Waals surface area contributed by atoms with Crippen molar-refractivity contribution in [3.63, 3.8) is 0 Å². The van der Waals surface area contributed by atoms with Gasteiger partial charge in [0, 0.05) is 18.1 Å². The first-order chi connectivity index (χ1) is 12.2. The van der Waals surface area contributed by atoms with Gasteiger partial charge in [0.05, 0.1) is 4.90 Å². The lowest BCUT2D eigenvalue weighted by Gasteiger charge is -2.11. The van der Waals surface area contributed by atoms with Crippen molar-refractivity contribution in [3.05, 3.63) is 39.8 Å². The quantitative estimate of drug-likeness (QED) is 0.643. The summed E-state index contributed by atoms with van der Waals surface area (Å²) in [6.45, 7) is 5.98. The van der Waals surface area contributed by atoms with E-state index in [9.17, 15) is 13.2 Å². The van der Waals surface area contributed by atoms with Gasteiger partial charge in [0.2, 0.25) is 0 Å². The maximum Gasteiger partial charge on any atom is 0.271 e. The normalized spacial score (nSPS) is 11.4. The smallest absolute Gasteiger partial charge is 0.271 e. The van der Waals surface area contributed by atoms with Gasteiger partial charge in [-0.15, -0.1) is 0 Å². The van der Waals surface area contributed by atoms with Gasteiger partial charge in [-0.05, 0) is 38.0 Å². The molecular weight excluding hydrogens is 420 g/mol. The van der Waals surface area contributed by atoms with Crippen LogP contribution in [0.15, 0.2) is 27.6 Å². The minimum absolute atomic E-state index is 0.0263. The molecule has 0 saturated heterocycles. The fourth-order valence-electron chi connectivity index (χ4n) is 2.45. The third-order valence-corrected chi connectivity index (χ3v) is 5.99. The fraction of sp³-hybridized carbons (Fsp3) is 0.412. The molecule has 0 aliphatic rings. The number of halogens is 1. The zero-order valence-corrected chi connectivity index (χ0v) is 17.7. The second-order valence-corrected chi connectivity index (χ2v) is 8.61. The summed E-state index contributed by atoms with van der Waals surface area (Å²) in [5.74, 6) is 0.206. The molecule has 2 rings (SSSR count). The molecule has 1 aromatic carbocycles. The highest BCUT2D eigenvalue weighted by molar-refractivity contribution is 9.10. The van der Waals surface area contributed by atoms with E-state index in [1.54, 1.807) is 37.6 Å². The van der Waals surface area contributed by atoms with E-state index in [1.807, 2.05) is 6.92 Å². The highest BCUT2D eigenvalue weighted by atomic mass is 79.9. The van der Waals surface area contributed by atoms with Crippen LogP contribution in [0.5, 0.6) is 0 Å². The third kappa shape index (κ3) is 4.45. The predicted molar refractivity (Wildman–Crippen MR) is 105 cm³/mol. The van der Waals surface area contributed by atoms with Crippen LogP contribution in [-0.4, -0.2) is 30.4 Å². The summed E-state index contributed by atoms with van der Waals surface area (Å²) in [5, 5.41) is 2.80. The van der Waals surface area contributed by atoms with E-state index in [1.165, 1.54) is 6.07 Å². The number of carbonyl (C=O) groups excluding carboxylic acids is 1. The number of nitrogens with one attached hydrogen (secondary N) is 2. The van der Waals surface area contributed by atoms with Crippen LogP contribution in [0.4, 0.5) is 5.82 Å². The van der Waals surface area contributed by atoms with E-state index in [0.29, 0.717) is 22.4 Å². The lowest BCUT2D eigenvalue weighted by Crippen LogP contribution is -2.28. The molecule has 0 atom stereocenters. The third-order valence-electron chi connectivity index (χ3n) is 4.02. The number of carbonyl (C=O) groups is 1. The molecule has 7 nitrogen and oxygen atoms in total. The van der Waals surface area contributed by atoms with E-state index < -0.39 is 10.0 Å². The van der Waals surface area contributed by atoms with Crippen LogP contribution in [0.2, 0.25) is 0 Å². The Morgan fingerprint density at radius 1 is 1.31 bits per heavy atom. The van der Waals surface area contributed by atoms with E-state index >= 15 is 0 Å². The minimum Gasteiger partial charge on any atom is -0.351 e. The fourth-order valence-corrected chi connectivity index (χ4v) is 4.24. The number of aryl methyl sites for hydroxylation is 2. The minimum atomic E-state index is -3.89. The molecule has 9 heteroatoms. The number of amides is 1. The Morgan fingerprint density at radius 3 is 2.65 bits per heavy atom. The standard InChI is InChI=1S/C17H23BrN4O3S/c1-5-6-9-19-17(23)15-16(20-12(3)22(15)4)21-26(24,25)14-10-13(18)8-7-11(14)2/h7-8,10,21H,5-6,9H2,1-4H3,(H,19,23). The Balaban J connectivity index is 2.39. The Bertz CT molecular complexity index is 922. The highest BCUT2D eigenvalue weighted by Crippen LogP contribution is 2.24. The molecule has 0 aliphatic carbocycles. The van der Waals surface area contributed by atoms with Crippen molar-refractivity contribution in [2.75, 3.05) is 11.3 Å². The zero-order chi connectivity index (χ0) is 19.5. The second-order valence-electron chi connectivity index (χ2n) is 6.04. The number of nitrogens with zero attached hydrogens (tertiary/aromatic N) is 2. The van der Waals surface area contributed by atoms with Crippen molar-refractivity contribution in [1.82, 2.24) is 14.9 Å². The molecular formula is C17H23BrN4O3S. The first-order valence-electron chi connectivity index (χ1n) is 8.28. The van der Waals surface area contributed by atoms with Crippen LogP contribution in [0, 0.1) is 13.8 Å². The van der Waals surface area contributed by atoms with Crippen LogP contribution in [0.3, 0.4) is 0 Å². The van der Waals surface area contributed by atoms with Crippen LogP contribution < -0.4 is 10.0 Å². The summed E-state index contributed by atoms with van der Waals surface area (Å²) in [6, 6.07) is 5.00. The van der Waals surface area contributed by atoms with Crippen LogP contribution >= 0.6 is 15.9 Å². The molecule has 2 N–H and O–H groups in total. The maximum atomic E-state index is 12.8. The molecule has 1 amide bonds. The first kappa shape index (κ1) is 20.4. The van der Waals surface area contributed by atoms with E-state index in [2.05, 4.69) is 31.0 Å². The predicted octanol–water partition coefficient (Wildman–Crippen LogP) is 3.13. The second kappa shape index (κ2) is 8.22. The number of hydrogen-bond donors (Lipinski definition) is 2. The van der Waals surface area contributed by atoms with E-state index in [-0.39, 0.29) is 22.3 Å². The van der Waals surface area contributed by atoms with Gasteiger partial charge < -0.3 is 9.88 Å². The van der Waals surface area contributed by atoms with Crippen LogP contribution in [-0.2, 0) is 17.1 Å². The lowest BCUT2D eigenvalue weighted by atomic mass is 10.2. The van der Waals surface area contributed by atoms with Crippen molar-refractivity contribution in [3.8, 4) is 0 Å². The number of imidazole rings is 1. The van der Waals surface area contributed by atoms with Crippen molar-refractivity contribution in [2.24, 2.45) is 7.05 Å². The Morgan fingerprint density at radius 2 is 2.00 bits per heavy atom. The van der Waals surface area contributed by atoms with Gasteiger partial charge in [-0.25, -0.2) is 13.4 Å². The topological polar surface area (TPSA) is 93.1 Å². The zero-order valence-electron chi connectivity index (χ0n) is 15.3. The molecule has 0 bridgehead atoms. The van der Waals surface area contributed by atoms with Gasteiger partial charge in [0.15, 0.2) is 11.5 Å². The van der Waals surface area contributed by atoms with Gasteiger partial charge in [0.1, 0.15) is 5.82 Å². The van der Waals surface area contributed by atoms with Gasteiger partial charge in [-0.2, -0.15) is 0 Å². The van der Waals surface area contributed by atoms with Crippen molar-refractivity contribution in [2.45, 2.75) is 38.5 Å². The number of aromatic nitrogens is 2. The molecule has 2 aromatic rings. The lowest BCUT2D eigenvalue weighted by molar-refractivity contribution is 0.0945. The number of benzene rings is 1. The summed E-state index contributed by atoms with van der Waals surface area (Å²) >= 11 is 3.29. The molecule has 142 valence electrons. The molecule has 0 spiro atoms. The number of sulfonamides is 1. The summed E-state index contributed by atoms with van der Waals surface area (Å²) in [6.07, 6.45) is 1.80. The van der Waals surface area contributed by atoms with Crippen LogP contribution in [0.1, 0.15) is 41.6 Å². The van der Waals surface area contributed by atoms with Crippen LogP contribution in [0.25, 0.3) is 0 Å². The van der Waals surface area contributed by atoms with Gasteiger partial charge in [0.25, 0.3) is 15.9 Å². The number of unbranched alkanes of at least 4 members (excludes halogenated alkanes) is 1. The molecule has 0 aliphatic heterocycles. The molecule has 26 heavy (non-hydrogen) atoms. The first-order valence-corrected chi connectivity index (χ1v) is 10.6. The monoisotopic (exact) mass is 442 g/mol. The molecule has 0 fully saturated rings. The number of hydrogen-bond acceptors (Lipinski definition) is 4. The molecule has 1 aromatic heterocycles. The van der Waals surface area contributed by atoms with Crippen molar-refractivity contribution in [1.29, 1.82) is 0 Å². The molecule has 0 radical (unpaired) electrons. The summed E-state index contributed by atoms with van der Waals surface area (Å²) in [4.78, 5) is 16.9. The summed E-state index contributed by atoms with van der Waals surface area (Å²) in [7, 11) is -2.21. The Labute approximate surface area is 162 Å². The average Bonchev–Trinajstić information content (AvgIpc) is 2.83. The summed E-state index contributed by atoms with van der Waals surface area (Å²) < 4.78 is 30.3. The molecule has 0 saturated carbocycles.